The molecule has 0 fully saturated rings. The molecule has 12 heavy (non-hydrogen) atoms. The molecule has 1 aromatic rings. The molecule has 0 unspecified atom stereocenters. The van der Waals surface area contributed by atoms with E-state index in [4.69, 9.17) is 11.8 Å². The van der Waals surface area contributed by atoms with Gasteiger partial charge in [-0.15, -0.1) is 0 Å². The molecule has 0 saturated heterocycles. The normalized spacial score (nSPS) is 11.3. The van der Waals surface area contributed by atoms with Crippen molar-refractivity contribution in [3.63, 3.8) is 0 Å². The quantitative estimate of drug-likeness (QED) is 0.423. The first kappa shape index (κ1) is 9.07. The molecule has 0 saturated carbocycles. The fraction of sp³-hybridized carbons (Fsp3) is 0.222. The minimum absolute atomic E-state index is 0.722. The minimum Gasteiger partial charge on any atom is -0.282 e. The number of rotatable bonds is 2. The third-order valence-corrected chi connectivity index (χ3v) is 1.63. The van der Waals surface area contributed by atoms with E-state index < -0.39 is 0 Å². The van der Waals surface area contributed by atoms with Crippen LogP contribution in [0.25, 0.3) is 0 Å². The van der Waals surface area contributed by atoms with E-state index in [9.17, 15) is 0 Å². The van der Waals surface area contributed by atoms with E-state index in [1.54, 1.807) is 0 Å². The Morgan fingerprint density at radius 3 is 2.58 bits per heavy atom. The summed E-state index contributed by atoms with van der Waals surface area (Å²) >= 11 is 5.50. The third-order valence-electron chi connectivity index (χ3n) is 1.45. The molecule has 0 bridgehead atoms. The van der Waals surface area contributed by atoms with Crippen LogP contribution in [0.4, 0.5) is 0 Å². The van der Waals surface area contributed by atoms with Crippen LogP contribution in [-0.2, 0) is 0 Å². The summed E-state index contributed by atoms with van der Waals surface area (Å²) in [6.07, 6.45) is 0. The van der Waals surface area contributed by atoms with Crippen molar-refractivity contribution >= 4 is 17.6 Å². The molecule has 0 aliphatic heterocycles. The van der Waals surface area contributed by atoms with E-state index in [0.29, 0.717) is 0 Å². The van der Waals surface area contributed by atoms with E-state index >= 15 is 0 Å². The lowest BCUT2D eigenvalue weighted by molar-refractivity contribution is 1.11. The van der Waals surface area contributed by atoms with Crippen molar-refractivity contribution in [3.05, 3.63) is 35.9 Å². The van der Waals surface area contributed by atoms with Crippen LogP contribution in [0, 0.1) is 0 Å². The van der Waals surface area contributed by atoms with Crippen molar-refractivity contribution in [2.24, 2.45) is 4.99 Å². The number of amidine groups is 1. The maximum absolute atomic E-state index is 5.50. The van der Waals surface area contributed by atoms with Crippen LogP contribution in [0.2, 0.25) is 0 Å². The van der Waals surface area contributed by atoms with Crippen LogP contribution in [0.15, 0.2) is 35.3 Å². The van der Waals surface area contributed by atoms with Gasteiger partial charge >= 0.3 is 0 Å². The predicted molar refractivity (Wildman–Crippen MR) is 52.5 cm³/mol. The fourth-order valence-electron chi connectivity index (χ4n) is 0.930. The van der Waals surface area contributed by atoms with Gasteiger partial charge in [-0.25, -0.2) is 0 Å². The van der Waals surface area contributed by atoms with Crippen molar-refractivity contribution in [1.29, 1.82) is 0 Å². The first-order valence-corrected chi connectivity index (χ1v) is 4.22. The Hall–Kier alpha value is -1.02. The Labute approximate surface area is 77.4 Å². The van der Waals surface area contributed by atoms with Gasteiger partial charge in [-0.05, 0) is 6.92 Å². The molecular formula is C9H11ClN2. The van der Waals surface area contributed by atoms with Gasteiger partial charge in [-0.1, -0.05) is 30.3 Å². The van der Waals surface area contributed by atoms with Gasteiger partial charge in [0.25, 0.3) is 0 Å². The molecule has 64 valence electrons. The van der Waals surface area contributed by atoms with Crippen LogP contribution in [0.5, 0.6) is 0 Å². The summed E-state index contributed by atoms with van der Waals surface area (Å²) in [6.45, 7) is 2.70. The van der Waals surface area contributed by atoms with Gasteiger partial charge < -0.3 is 0 Å². The zero-order valence-electron chi connectivity index (χ0n) is 6.92. The van der Waals surface area contributed by atoms with Gasteiger partial charge in [0.05, 0.1) is 0 Å². The summed E-state index contributed by atoms with van der Waals surface area (Å²) in [7, 11) is 0. The standard InChI is InChI=1S/C9H11ClN2/c1-2-11-9(12-10)8-6-4-3-5-7-8/h3-7H,2H2,1H3,(H,11,12). The maximum Gasteiger partial charge on any atom is 0.142 e. The summed E-state index contributed by atoms with van der Waals surface area (Å²) in [6, 6.07) is 9.79. The van der Waals surface area contributed by atoms with Crippen LogP contribution >= 0.6 is 11.8 Å². The number of hydrogen-bond acceptors (Lipinski definition) is 1. The molecule has 1 aromatic carbocycles. The molecule has 0 spiro atoms. The first-order chi connectivity index (χ1) is 5.88. The van der Waals surface area contributed by atoms with Crippen LogP contribution in [0.3, 0.4) is 0 Å². The van der Waals surface area contributed by atoms with Gasteiger partial charge in [0.2, 0.25) is 0 Å². The highest BCUT2D eigenvalue weighted by molar-refractivity contribution is 6.25. The number of nitrogens with one attached hydrogen (secondary N) is 1. The summed E-state index contributed by atoms with van der Waals surface area (Å²) < 4.78 is 0. The summed E-state index contributed by atoms with van der Waals surface area (Å²) in [4.78, 5) is 6.73. The van der Waals surface area contributed by atoms with Gasteiger partial charge in [0.1, 0.15) is 5.84 Å². The third kappa shape index (κ3) is 2.24. The highest BCUT2D eigenvalue weighted by Crippen LogP contribution is 1.99. The van der Waals surface area contributed by atoms with E-state index in [0.717, 1.165) is 17.9 Å². The van der Waals surface area contributed by atoms with E-state index in [2.05, 4.69) is 9.83 Å². The maximum atomic E-state index is 5.50. The zero-order chi connectivity index (χ0) is 8.81. The molecule has 0 amide bonds. The monoisotopic (exact) mass is 182 g/mol. The van der Waals surface area contributed by atoms with Crippen molar-refractivity contribution in [1.82, 2.24) is 4.84 Å². The Kier molecular flexibility index (Phi) is 3.61. The number of aliphatic imine (C=N–C) groups is 1. The molecular weight excluding hydrogens is 172 g/mol. The second-order valence-electron chi connectivity index (χ2n) is 2.28. The SMILES string of the molecule is CCN=C(NCl)c1ccccc1. The number of halogens is 1. The molecule has 0 atom stereocenters. The Balaban J connectivity index is 2.88. The first-order valence-electron chi connectivity index (χ1n) is 3.85. The smallest absolute Gasteiger partial charge is 0.142 e. The number of benzene rings is 1. The summed E-state index contributed by atoms with van der Waals surface area (Å²) in [5.74, 6) is 0.722. The molecule has 3 heteroatoms. The van der Waals surface area contributed by atoms with Crippen LogP contribution < -0.4 is 4.84 Å². The van der Waals surface area contributed by atoms with Crippen molar-refractivity contribution < 1.29 is 0 Å². The molecule has 0 heterocycles. The Morgan fingerprint density at radius 1 is 1.42 bits per heavy atom. The summed E-state index contributed by atoms with van der Waals surface area (Å²) in [5.41, 5.74) is 1.01. The Bertz CT molecular complexity index is 256. The van der Waals surface area contributed by atoms with E-state index in [-0.39, 0.29) is 0 Å². The van der Waals surface area contributed by atoms with Gasteiger partial charge in [-0.3, -0.25) is 9.83 Å². The lowest BCUT2D eigenvalue weighted by Gasteiger charge is -2.02. The number of hydrogen-bond donors (Lipinski definition) is 1. The van der Waals surface area contributed by atoms with Gasteiger partial charge in [0.15, 0.2) is 0 Å². The average Bonchev–Trinajstić information content (AvgIpc) is 2.15. The van der Waals surface area contributed by atoms with Crippen LogP contribution in [0.1, 0.15) is 12.5 Å². The lowest BCUT2D eigenvalue weighted by atomic mass is 10.2. The largest absolute Gasteiger partial charge is 0.282 e. The van der Waals surface area contributed by atoms with E-state index in [1.165, 1.54) is 0 Å². The highest BCUT2D eigenvalue weighted by atomic mass is 35.5. The molecule has 0 aliphatic rings. The topological polar surface area (TPSA) is 24.4 Å². The van der Waals surface area contributed by atoms with Gasteiger partial charge in [-0.2, -0.15) is 0 Å². The van der Waals surface area contributed by atoms with Crippen molar-refractivity contribution in [2.45, 2.75) is 6.92 Å². The molecule has 1 N–H and O–H groups in total. The van der Waals surface area contributed by atoms with Crippen LogP contribution in [-0.4, -0.2) is 12.4 Å². The molecule has 0 radical (unpaired) electrons. The zero-order valence-corrected chi connectivity index (χ0v) is 7.67. The Morgan fingerprint density at radius 2 is 2.08 bits per heavy atom. The number of nitrogens with zero attached hydrogens (tertiary/aromatic N) is 1. The fourth-order valence-corrected chi connectivity index (χ4v) is 1.10. The molecule has 0 aliphatic carbocycles. The predicted octanol–water partition coefficient (Wildman–Crippen LogP) is 2.20. The average molecular weight is 183 g/mol. The van der Waals surface area contributed by atoms with Gasteiger partial charge in [0, 0.05) is 23.9 Å². The molecule has 1 rings (SSSR count). The highest BCUT2D eigenvalue weighted by Gasteiger charge is 1.97. The molecule has 0 aromatic heterocycles. The van der Waals surface area contributed by atoms with Crippen molar-refractivity contribution in [3.8, 4) is 0 Å². The minimum atomic E-state index is 0.722. The lowest BCUT2D eigenvalue weighted by Crippen LogP contribution is -2.14. The second kappa shape index (κ2) is 4.78. The molecule has 2 nitrogen and oxygen atoms in total. The second-order valence-corrected chi connectivity index (χ2v) is 2.47. The van der Waals surface area contributed by atoms with Crippen molar-refractivity contribution in [2.75, 3.05) is 6.54 Å². The summed E-state index contributed by atoms with van der Waals surface area (Å²) in [5, 5.41) is 0. The van der Waals surface area contributed by atoms with E-state index in [1.807, 2.05) is 37.3 Å².